The van der Waals surface area contributed by atoms with Crippen LogP contribution >= 0.6 is 15.2 Å². The molecule has 10 N–H and O–H groups in total. The van der Waals surface area contributed by atoms with E-state index in [-0.39, 0.29) is 10.9 Å². The van der Waals surface area contributed by atoms with Crippen LogP contribution in [0.5, 0.6) is 0 Å². The Morgan fingerprint density at radius 1 is 0.941 bits per heavy atom. The molecule has 11 heteroatoms. The highest BCUT2D eigenvalue weighted by atomic mass is 31.2. The Morgan fingerprint density at radius 2 is 1.41 bits per heavy atom. The Labute approximate surface area is 100 Å². The highest BCUT2D eigenvalue weighted by Crippen LogP contribution is 2.49. The van der Waals surface area contributed by atoms with Crippen molar-refractivity contribution in [3.63, 3.8) is 0 Å². The number of carbonyl (C=O) groups is 1. The maximum absolute atomic E-state index is 11.6. The van der Waals surface area contributed by atoms with Crippen molar-refractivity contribution in [2.45, 2.75) is 25.7 Å². The Hall–Kier alpha value is -0.270. The van der Waals surface area contributed by atoms with Crippen molar-refractivity contribution in [2.24, 2.45) is 27.8 Å². The van der Waals surface area contributed by atoms with E-state index < -0.39 is 21.1 Å². The van der Waals surface area contributed by atoms with Crippen molar-refractivity contribution >= 4 is 21.1 Å². The fraction of sp³-hybridized carbons (Fsp3) is 0.833. The zero-order valence-corrected chi connectivity index (χ0v) is 11.3. The molecule has 0 unspecified atom stereocenters. The summed E-state index contributed by atoms with van der Waals surface area (Å²) < 4.78 is 23.0. The van der Waals surface area contributed by atoms with E-state index in [4.69, 9.17) is 27.8 Å². The average Bonchev–Trinajstić information content (AvgIpc) is 2.07. The predicted molar refractivity (Wildman–Crippen MR) is 66.3 cm³/mol. The van der Waals surface area contributed by atoms with Gasteiger partial charge in [-0.15, -0.1) is 0 Å². The third kappa shape index (κ3) is 6.28. The molecule has 0 rings (SSSR count). The van der Waals surface area contributed by atoms with Crippen LogP contribution in [0, 0.1) is 0 Å². The number of unbranched alkanes of at least 4 members (excludes halogenated alkanes) is 2. The lowest BCUT2D eigenvalue weighted by molar-refractivity contribution is -0.123. The number of carbonyl (C=O) groups excluding carboxylic acids is 1. The van der Waals surface area contributed by atoms with Crippen LogP contribution in [0.3, 0.4) is 0 Å². The first-order chi connectivity index (χ1) is 7.60. The summed E-state index contributed by atoms with van der Waals surface area (Å²) >= 11 is 0. The summed E-state index contributed by atoms with van der Waals surface area (Å²) in [4.78, 5) is 11.6. The van der Waals surface area contributed by atoms with Crippen LogP contribution in [0.1, 0.15) is 25.7 Å². The van der Waals surface area contributed by atoms with E-state index in [1.165, 1.54) is 0 Å². The molecule has 0 aromatic carbocycles. The lowest BCUT2D eigenvalue weighted by atomic mass is 10.2. The summed E-state index contributed by atoms with van der Waals surface area (Å²) in [6.45, 7) is 0.510. The first kappa shape index (κ1) is 16.7. The first-order valence-corrected chi connectivity index (χ1v) is 8.58. The van der Waals surface area contributed by atoms with Gasteiger partial charge >= 0.3 is 15.2 Å². The summed E-state index contributed by atoms with van der Waals surface area (Å²) in [5.74, 6) is -0.774. The minimum atomic E-state index is -4.06. The third-order valence-electron chi connectivity index (χ3n) is 1.91. The zero-order chi connectivity index (χ0) is 13.7. The third-order valence-corrected chi connectivity index (χ3v) is 5.22. The Kier molecular flexibility index (Phi) is 6.50. The maximum Gasteiger partial charge on any atom is 0.310 e. The second kappa shape index (κ2) is 6.61. The smallest absolute Gasteiger partial charge is 0.310 e. The molecule has 0 aromatic rings. The maximum atomic E-state index is 11.6. The Bertz CT molecular complexity index is 328. The van der Waals surface area contributed by atoms with E-state index in [0.29, 0.717) is 19.4 Å². The lowest BCUT2D eigenvalue weighted by Gasteiger charge is -2.27. The second-order valence-electron chi connectivity index (χ2n) is 3.63. The average molecular weight is 286 g/mol. The molecule has 17 heavy (non-hydrogen) atoms. The van der Waals surface area contributed by atoms with Gasteiger partial charge < -0.3 is 5.73 Å². The molecule has 0 fully saturated rings. The summed E-state index contributed by atoms with van der Waals surface area (Å²) in [5, 5.41) is 0. The molecular formula is C6H20N6O3P2. The Balaban J connectivity index is 4.59. The van der Waals surface area contributed by atoms with Gasteiger partial charge in [0.1, 0.15) is 0 Å². The number of amides is 1. The highest BCUT2D eigenvalue weighted by molar-refractivity contribution is 7.73. The summed E-state index contributed by atoms with van der Waals surface area (Å²) in [6.07, 6.45) is 1.90. The zero-order valence-electron chi connectivity index (χ0n) is 9.49. The number of nitrogens with two attached hydrogens (primary N) is 5. The lowest BCUT2D eigenvalue weighted by Crippen LogP contribution is -2.36. The summed E-state index contributed by atoms with van der Waals surface area (Å²) in [6, 6.07) is 0. The van der Waals surface area contributed by atoms with Gasteiger partial charge in [0.2, 0.25) is 5.91 Å². The molecule has 0 heterocycles. The van der Waals surface area contributed by atoms with E-state index in [9.17, 15) is 13.9 Å². The predicted octanol–water partition coefficient (Wildman–Crippen LogP) is -0.615. The number of hydrogen-bond donors (Lipinski definition) is 5. The molecule has 9 nitrogen and oxygen atoms in total. The van der Waals surface area contributed by atoms with E-state index in [1.807, 2.05) is 0 Å². The second-order valence-corrected chi connectivity index (χ2v) is 7.43. The van der Waals surface area contributed by atoms with E-state index in [0.717, 1.165) is 6.42 Å². The van der Waals surface area contributed by atoms with Gasteiger partial charge in [0.25, 0.3) is 0 Å². The van der Waals surface area contributed by atoms with Crippen molar-refractivity contribution in [3.8, 4) is 0 Å². The van der Waals surface area contributed by atoms with Gasteiger partial charge in [0.05, 0.1) is 0 Å². The van der Waals surface area contributed by atoms with Crippen molar-refractivity contribution < 1.29 is 13.9 Å². The van der Waals surface area contributed by atoms with Crippen LogP contribution in [0.25, 0.3) is 0 Å². The van der Waals surface area contributed by atoms with Crippen LogP contribution in [-0.4, -0.2) is 16.9 Å². The van der Waals surface area contributed by atoms with Crippen molar-refractivity contribution in [3.05, 3.63) is 0 Å². The molecular weight excluding hydrogens is 266 g/mol. The monoisotopic (exact) mass is 286 g/mol. The molecule has 0 spiro atoms. The fourth-order valence-corrected chi connectivity index (χ4v) is 3.91. The number of nitrogens with zero attached hydrogens (tertiary/aromatic N) is 1. The molecule has 1 amide bonds. The van der Waals surface area contributed by atoms with Crippen LogP contribution in [0.2, 0.25) is 0 Å². The van der Waals surface area contributed by atoms with Crippen molar-refractivity contribution in [1.82, 2.24) is 4.44 Å². The van der Waals surface area contributed by atoms with Gasteiger partial charge in [0, 0.05) is 6.42 Å². The number of rotatable bonds is 7. The SMILES string of the molecule is NCCCCCC(=O)N(P(N)(N)=O)P(N)(N)=O. The molecule has 0 atom stereocenters. The van der Waals surface area contributed by atoms with Gasteiger partial charge in [0.15, 0.2) is 0 Å². The van der Waals surface area contributed by atoms with Crippen LogP contribution < -0.4 is 27.8 Å². The highest BCUT2D eigenvalue weighted by Gasteiger charge is 2.37. The van der Waals surface area contributed by atoms with Crippen LogP contribution in [-0.2, 0) is 13.9 Å². The van der Waals surface area contributed by atoms with Gasteiger partial charge in [-0.05, 0) is 19.4 Å². The molecule has 0 aliphatic rings. The van der Waals surface area contributed by atoms with Crippen LogP contribution in [0.15, 0.2) is 0 Å². The molecule has 0 aromatic heterocycles. The van der Waals surface area contributed by atoms with Gasteiger partial charge in [-0.3, -0.25) is 35.9 Å². The van der Waals surface area contributed by atoms with Crippen LogP contribution in [0.4, 0.5) is 0 Å². The molecule has 0 saturated heterocycles. The largest absolute Gasteiger partial charge is 0.330 e. The van der Waals surface area contributed by atoms with Crippen molar-refractivity contribution in [1.29, 1.82) is 0 Å². The molecule has 0 radical (unpaired) electrons. The minimum Gasteiger partial charge on any atom is -0.330 e. The Morgan fingerprint density at radius 3 is 1.76 bits per heavy atom. The van der Waals surface area contributed by atoms with E-state index >= 15 is 0 Å². The molecule has 102 valence electrons. The van der Waals surface area contributed by atoms with E-state index in [2.05, 4.69) is 0 Å². The molecule has 0 aliphatic heterocycles. The van der Waals surface area contributed by atoms with E-state index in [1.54, 1.807) is 0 Å². The van der Waals surface area contributed by atoms with Gasteiger partial charge in [-0.2, -0.15) is 4.44 Å². The first-order valence-electron chi connectivity index (χ1n) is 4.99. The summed E-state index contributed by atoms with van der Waals surface area (Å²) in [7, 11) is -8.13. The molecule has 0 bridgehead atoms. The van der Waals surface area contributed by atoms with Gasteiger partial charge in [-0.1, -0.05) is 6.42 Å². The van der Waals surface area contributed by atoms with Gasteiger partial charge in [-0.25, -0.2) is 0 Å². The minimum absolute atomic E-state index is 0.0310. The molecule has 0 aliphatic carbocycles. The fourth-order valence-electron chi connectivity index (χ4n) is 1.26. The molecule has 0 saturated carbocycles. The normalized spacial score (nSPS) is 12.5. The standard InChI is InChI=1S/C6H20N6O3P2/c7-5-3-1-2-4-6(13)12(16(8,9)14)17(10,11)15/h1-5,7H2,(H4,8,9,14)(H4,10,11,15). The topological polar surface area (TPSA) is 185 Å². The summed E-state index contributed by atoms with van der Waals surface area (Å²) in [5.41, 5.74) is 25.6. The van der Waals surface area contributed by atoms with Crippen molar-refractivity contribution in [2.75, 3.05) is 6.54 Å². The quantitative estimate of drug-likeness (QED) is 0.302. The number of hydrogen-bond acceptors (Lipinski definition) is 4.